The number of carbonyl (C=O) groups is 1. The van der Waals surface area contributed by atoms with Gasteiger partial charge in [-0.2, -0.15) is 0 Å². The van der Waals surface area contributed by atoms with Crippen LogP contribution in [0.1, 0.15) is 30.7 Å². The predicted molar refractivity (Wildman–Crippen MR) is 102 cm³/mol. The number of aromatic nitrogens is 2. The first-order chi connectivity index (χ1) is 13.1. The van der Waals surface area contributed by atoms with E-state index in [0.29, 0.717) is 24.6 Å². The predicted octanol–water partition coefficient (Wildman–Crippen LogP) is 2.76. The van der Waals surface area contributed by atoms with Crippen molar-refractivity contribution in [3.63, 3.8) is 0 Å². The number of amides is 1. The lowest BCUT2D eigenvalue weighted by atomic mass is 10.0. The smallest absolute Gasteiger partial charge is 0.220 e. The molecule has 0 fully saturated rings. The summed E-state index contributed by atoms with van der Waals surface area (Å²) in [7, 11) is 0. The van der Waals surface area contributed by atoms with Gasteiger partial charge in [0.2, 0.25) is 17.7 Å². The SMILES string of the molecule is C[C@H](O)CNC(=O)CCc1nnc(Cc2ccc(-c3ccccc3)cc2)o1. The van der Waals surface area contributed by atoms with Gasteiger partial charge in [-0.1, -0.05) is 54.6 Å². The van der Waals surface area contributed by atoms with Crippen molar-refractivity contribution in [3.8, 4) is 11.1 Å². The van der Waals surface area contributed by atoms with Crippen LogP contribution in [0.4, 0.5) is 0 Å². The molecule has 0 aliphatic rings. The fourth-order valence-corrected chi connectivity index (χ4v) is 2.65. The van der Waals surface area contributed by atoms with E-state index in [1.165, 1.54) is 5.56 Å². The van der Waals surface area contributed by atoms with Crippen LogP contribution >= 0.6 is 0 Å². The van der Waals surface area contributed by atoms with Crippen LogP contribution in [-0.4, -0.2) is 33.9 Å². The Morgan fingerprint density at radius 1 is 1.04 bits per heavy atom. The zero-order valence-corrected chi connectivity index (χ0v) is 15.3. The molecule has 0 unspecified atom stereocenters. The lowest BCUT2D eigenvalue weighted by Crippen LogP contribution is -2.30. The molecule has 2 aromatic carbocycles. The Bertz CT molecular complexity index is 858. The summed E-state index contributed by atoms with van der Waals surface area (Å²) >= 11 is 0. The molecule has 0 saturated carbocycles. The summed E-state index contributed by atoms with van der Waals surface area (Å²) in [4.78, 5) is 11.7. The Morgan fingerprint density at radius 2 is 1.70 bits per heavy atom. The number of aryl methyl sites for hydroxylation is 1. The van der Waals surface area contributed by atoms with Gasteiger partial charge in [0.25, 0.3) is 0 Å². The lowest BCUT2D eigenvalue weighted by Gasteiger charge is -2.05. The van der Waals surface area contributed by atoms with E-state index >= 15 is 0 Å². The first-order valence-corrected chi connectivity index (χ1v) is 9.00. The van der Waals surface area contributed by atoms with E-state index in [-0.39, 0.29) is 18.9 Å². The van der Waals surface area contributed by atoms with E-state index < -0.39 is 6.10 Å². The Kier molecular flexibility index (Phi) is 6.33. The first-order valence-electron chi connectivity index (χ1n) is 9.00. The van der Waals surface area contributed by atoms with Crippen LogP contribution in [0, 0.1) is 0 Å². The lowest BCUT2D eigenvalue weighted by molar-refractivity contribution is -0.121. The summed E-state index contributed by atoms with van der Waals surface area (Å²) in [5.41, 5.74) is 3.42. The standard InChI is InChI=1S/C21H23N3O3/c1-15(25)14-22-19(26)11-12-20-23-24-21(27-20)13-16-7-9-18(10-8-16)17-5-3-2-4-6-17/h2-10,15,25H,11-14H2,1H3,(H,22,26)/t15-/m0/s1. The minimum Gasteiger partial charge on any atom is -0.425 e. The Hall–Kier alpha value is -2.99. The third-order valence-electron chi connectivity index (χ3n) is 4.09. The van der Waals surface area contributed by atoms with Crippen LogP contribution in [0.5, 0.6) is 0 Å². The van der Waals surface area contributed by atoms with E-state index in [9.17, 15) is 4.79 Å². The van der Waals surface area contributed by atoms with Gasteiger partial charge in [-0.05, 0) is 23.6 Å². The van der Waals surface area contributed by atoms with Crippen molar-refractivity contribution in [1.82, 2.24) is 15.5 Å². The average Bonchev–Trinajstić information content (AvgIpc) is 3.13. The summed E-state index contributed by atoms with van der Waals surface area (Å²) in [5, 5.41) is 19.8. The number of carbonyl (C=O) groups excluding carboxylic acids is 1. The highest BCUT2D eigenvalue weighted by molar-refractivity contribution is 5.76. The summed E-state index contributed by atoms with van der Waals surface area (Å²) in [6.07, 6.45) is 0.624. The van der Waals surface area contributed by atoms with Crippen molar-refractivity contribution in [3.05, 3.63) is 71.9 Å². The maximum Gasteiger partial charge on any atom is 0.220 e. The molecule has 0 spiro atoms. The second-order valence-corrected chi connectivity index (χ2v) is 6.48. The van der Waals surface area contributed by atoms with Gasteiger partial charge in [0, 0.05) is 19.4 Å². The van der Waals surface area contributed by atoms with E-state index in [2.05, 4.69) is 51.9 Å². The minimum absolute atomic E-state index is 0.146. The highest BCUT2D eigenvalue weighted by atomic mass is 16.4. The van der Waals surface area contributed by atoms with Gasteiger partial charge < -0.3 is 14.8 Å². The molecule has 1 amide bonds. The molecule has 1 aromatic heterocycles. The second kappa shape index (κ2) is 9.09. The molecule has 0 radical (unpaired) electrons. The van der Waals surface area contributed by atoms with E-state index in [1.807, 2.05) is 18.2 Å². The topological polar surface area (TPSA) is 88.2 Å². The van der Waals surface area contributed by atoms with Crippen molar-refractivity contribution in [2.75, 3.05) is 6.54 Å². The van der Waals surface area contributed by atoms with Crippen molar-refractivity contribution in [1.29, 1.82) is 0 Å². The fraction of sp³-hybridized carbons (Fsp3) is 0.286. The van der Waals surface area contributed by atoms with Gasteiger partial charge in [0.1, 0.15) is 0 Å². The molecular weight excluding hydrogens is 342 g/mol. The minimum atomic E-state index is -0.558. The zero-order valence-electron chi connectivity index (χ0n) is 15.3. The summed E-state index contributed by atoms with van der Waals surface area (Å²) in [6, 6.07) is 18.5. The molecule has 0 saturated heterocycles. The molecule has 0 bridgehead atoms. The average molecular weight is 365 g/mol. The molecule has 27 heavy (non-hydrogen) atoms. The van der Waals surface area contributed by atoms with E-state index in [0.717, 1.165) is 11.1 Å². The summed E-state index contributed by atoms with van der Waals surface area (Å²) in [6.45, 7) is 1.86. The van der Waals surface area contributed by atoms with Crippen molar-refractivity contribution >= 4 is 5.91 Å². The molecule has 6 heteroatoms. The number of nitrogens with one attached hydrogen (secondary N) is 1. The van der Waals surface area contributed by atoms with Crippen LogP contribution in [0.15, 0.2) is 59.0 Å². The van der Waals surface area contributed by atoms with Gasteiger partial charge in [-0.25, -0.2) is 0 Å². The number of aliphatic hydroxyl groups is 1. The second-order valence-electron chi connectivity index (χ2n) is 6.48. The van der Waals surface area contributed by atoms with Gasteiger partial charge in [0.05, 0.1) is 12.5 Å². The van der Waals surface area contributed by atoms with Gasteiger partial charge in [0.15, 0.2) is 0 Å². The quantitative estimate of drug-likeness (QED) is 0.641. The Balaban J connectivity index is 1.52. The van der Waals surface area contributed by atoms with Gasteiger partial charge in [-0.15, -0.1) is 10.2 Å². The molecule has 1 heterocycles. The first kappa shape index (κ1) is 18.8. The maximum absolute atomic E-state index is 11.7. The van der Waals surface area contributed by atoms with Crippen LogP contribution in [0.25, 0.3) is 11.1 Å². The summed E-state index contributed by atoms with van der Waals surface area (Å²) in [5.74, 6) is 0.826. The number of nitrogens with zero attached hydrogens (tertiary/aromatic N) is 2. The monoisotopic (exact) mass is 365 g/mol. The molecular formula is C21H23N3O3. The van der Waals surface area contributed by atoms with Gasteiger partial charge >= 0.3 is 0 Å². The molecule has 0 aliphatic carbocycles. The molecule has 0 aliphatic heterocycles. The van der Waals surface area contributed by atoms with E-state index in [1.54, 1.807) is 6.92 Å². The molecule has 3 aromatic rings. The van der Waals surface area contributed by atoms with Crippen LogP contribution < -0.4 is 5.32 Å². The number of hydrogen-bond acceptors (Lipinski definition) is 5. The zero-order chi connectivity index (χ0) is 19.1. The number of benzene rings is 2. The van der Waals surface area contributed by atoms with Crippen molar-refractivity contribution in [2.24, 2.45) is 0 Å². The van der Waals surface area contributed by atoms with Gasteiger partial charge in [-0.3, -0.25) is 4.79 Å². The van der Waals surface area contributed by atoms with Crippen LogP contribution in [0.3, 0.4) is 0 Å². The van der Waals surface area contributed by atoms with Crippen LogP contribution in [0.2, 0.25) is 0 Å². The highest BCUT2D eigenvalue weighted by Crippen LogP contribution is 2.20. The molecule has 140 valence electrons. The highest BCUT2D eigenvalue weighted by Gasteiger charge is 2.10. The third-order valence-corrected chi connectivity index (χ3v) is 4.09. The molecule has 6 nitrogen and oxygen atoms in total. The molecule has 2 N–H and O–H groups in total. The fourth-order valence-electron chi connectivity index (χ4n) is 2.65. The summed E-state index contributed by atoms with van der Waals surface area (Å²) < 4.78 is 5.63. The Labute approximate surface area is 158 Å². The normalized spacial score (nSPS) is 11.9. The molecule has 1 atom stereocenters. The van der Waals surface area contributed by atoms with Crippen LogP contribution in [-0.2, 0) is 17.6 Å². The number of hydrogen-bond donors (Lipinski definition) is 2. The Morgan fingerprint density at radius 3 is 2.41 bits per heavy atom. The maximum atomic E-state index is 11.7. The number of rotatable bonds is 8. The third kappa shape index (κ3) is 5.76. The largest absolute Gasteiger partial charge is 0.425 e. The number of aliphatic hydroxyl groups excluding tert-OH is 1. The van der Waals surface area contributed by atoms with E-state index in [4.69, 9.17) is 9.52 Å². The van der Waals surface area contributed by atoms with Crippen molar-refractivity contribution < 1.29 is 14.3 Å². The molecule has 3 rings (SSSR count). The van der Waals surface area contributed by atoms with Crippen molar-refractivity contribution in [2.45, 2.75) is 32.3 Å².